The van der Waals surface area contributed by atoms with Crippen LogP contribution in [0.5, 0.6) is 0 Å². The number of morpholine rings is 1. The predicted molar refractivity (Wildman–Crippen MR) is 150 cm³/mol. The first-order valence-corrected chi connectivity index (χ1v) is 13.1. The van der Waals surface area contributed by atoms with Gasteiger partial charge >= 0.3 is 0 Å². The second kappa shape index (κ2) is 13.4. The molecule has 1 amide bonds. The van der Waals surface area contributed by atoms with E-state index < -0.39 is 0 Å². The minimum Gasteiger partial charge on any atom is -0.378 e. The molecule has 0 spiro atoms. The topological polar surface area (TPSA) is 98.7 Å². The first-order chi connectivity index (χ1) is 18.6. The molecule has 4 heterocycles. The van der Waals surface area contributed by atoms with Crippen molar-refractivity contribution in [2.24, 2.45) is 5.73 Å². The molecule has 4 rings (SSSR count). The molecule has 0 aliphatic carbocycles. The third-order valence-corrected chi connectivity index (χ3v) is 6.81. The van der Waals surface area contributed by atoms with Crippen LogP contribution in [0.3, 0.4) is 0 Å². The summed E-state index contributed by atoms with van der Waals surface area (Å²) < 4.78 is 13.4. The third-order valence-electron chi connectivity index (χ3n) is 6.81. The average Bonchev–Trinajstić information content (AvgIpc) is 3.25. The molecule has 3 aromatic heterocycles. The fourth-order valence-corrected chi connectivity index (χ4v) is 4.94. The Bertz CT molecular complexity index is 1250. The molecule has 1 aliphatic rings. The Hall–Kier alpha value is -3.37. The number of aromatic nitrogens is 3. The minimum absolute atomic E-state index is 0.0660. The number of rotatable bonds is 12. The van der Waals surface area contributed by atoms with Crippen LogP contribution in [-0.4, -0.2) is 83.4 Å². The first-order valence-electron chi connectivity index (χ1n) is 13.1. The van der Waals surface area contributed by atoms with Gasteiger partial charge in [-0.05, 0) is 38.2 Å². The standard InChI is InChI=1S/C29H38N6O3/c1-4-8-26-22(5-2)23-10-13-32-25(29(23)35(26)20-28(36)34-14-17-37-18-15-34)19-33(3)27(21-38-16-11-30)24-9-6-7-12-31-24/h4-10,12-13,27H,2,11,14-21,30H2,1,3H3/b8-4-. The number of carbonyl (C=O) groups is 1. The Kier molecular flexibility index (Phi) is 9.78. The average molecular weight is 519 g/mol. The van der Waals surface area contributed by atoms with Crippen molar-refractivity contribution < 1.29 is 14.3 Å². The van der Waals surface area contributed by atoms with Gasteiger partial charge in [0.25, 0.3) is 0 Å². The molecule has 0 saturated carbocycles. The quantitative estimate of drug-likeness (QED) is 0.368. The zero-order valence-corrected chi connectivity index (χ0v) is 22.4. The molecule has 0 radical (unpaired) electrons. The maximum absolute atomic E-state index is 13.4. The molecule has 38 heavy (non-hydrogen) atoms. The second-order valence-electron chi connectivity index (χ2n) is 9.29. The van der Waals surface area contributed by atoms with Crippen molar-refractivity contribution in [2.45, 2.75) is 26.1 Å². The number of hydrogen-bond donors (Lipinski definition) is 1. The minimum atomic E-state index is -0.0907. The van der Waals surface area contributed by atoms with Crippen molar-refractivity contribution in [1.82, 2.24) is 24.3 Å². The lowest BCUT2D eigenvalue weighted by Crippen LogP contribution is -2.42. The Balaban J connectivity index is 1.74. The first kappa shape index (κ1) is 27.7. The van der Waals surface area contributed by atoms with Gasteiger partial charge in [0.1, 0.15) is 6.54 Å². The molecule has 9 nitrogen and oxygen atoms in total. The molecule has 1 saturated heterocycles. The summed E-state index contributed by atoms with van der Waals surface area (Å²) in [5.41, 5.74) is 10.3. The number of allylic oxidation sites excluding steroid dienone is 1. The van der Waals surface area contributed by atoms with Crippen LogP contribution >= 0.6 is 0 Å². The number of pyridine rings is 2. The van der Waals surface area contributed by atoms with Crippen LogP contribution in [0.25, 0.3) is 23.1 Å². The summed E-state index contributed by atoms with van der Waals surface area (Å²) in [4.78, 5) is 26.8. The fraction of sp³-hybridized carbons (Fsp3) is 0.414. The van der Waals surface area contributed by atoms with Gasteiger partial charge in [0, 0.05) is 55.2 Å². The van der Waals surface area contributed by atoms with Crippen LogP contribution in [0.15, 0.2) is 49.3 Å². The van der Waals surface area contributed by atoms with Crippen LogP contribution in [0.1, 0.15) is 35.6 Å². The number of ether oxygens (including phenoxy) is 2. The lowest BCUT2D eigenvalue weighted by Gasteiger charge is -2.28. The molecule has 0 aromatic carbocycles. The van der Waals surface area contributed by atoms with Gasteiger partial charge in [-0.15, -0.1) is 0 Å². The Morgan fingerprint density at radius 1 is 1.26 bits per heavy atom. The summed E-state index contributed by atoms with van der Waals surface area (Å²) in [5, 5.41) is 1.02. The SMILES string of the molecule is C=Cc1c(/C=C\C)n(CC(=O)N2CCOCC2)c2c(CN(C)C(COCCN)c3ccccn3)nccc12. The van der Waals surface area contributed by atoms with E-state index >= 15 is 0 Å². The molecule has 0 bridgehead atoms. The van der Waals surface area contributed by atoms with Crippen molar-refractivity contribution in [2.75, 3.05) is 53.1 Å². The third kappa shape index (κ3) is 6.19. The molecular weight excluding hydrogens is 480 g/mol. The van der Waals surface area contributed by atoms with E-state index in [1.807, 2.05) is 67.6 Å². The lowest BCUT2D eigenvalue weighted by molar-refractivity contribution is -0.135. The van der Waals surface area contributed by atoms with E-state index in [1.54, 1.807) is 6.20 Å². The summed E-state index contributed by atoms with van der Waals surface area (Å²) in [6, 6.07) is 7.80. The maximum Gasteiger partial charge on any atom is 0.242 e. The number of nitrogens with zero attached hydrogens (tertiary/aromatic N) is 5. The van der Waals surface area contributed by atoms with Gasteiger partial charge in [-0.25, -0.2) is 0 Å². The summed E-state index contributed by atoms with van der Waals surface area (Å²) in [6.07, 6.45) is 9.50. The van der Waals surface area contributed by atoms with Crippen molar-refractivity contribution in [1.29, 1.82) is 0 Å². The lowest BCUT2D eigenvalue weighted by atomic mass is 10.1. The van der Waals surface area contributed by atoms with E-state index in [0.29, 0.717) is 52.6 Å². The van der Waals surface area contributed by atoms with Crippen LogP contribution < -0.4 is 5.73 Å². The van der Waals surface area contributed by atoms with Crippen LogP contribution in [0.2, 0.25) is 0 Å². The number of hydrogen-bond acceptors (Lipinski definition) is 7. The molecule has 3 aromatic rings. The van der Waals surface area contributed by atoms with Gasteiger partial charge in [0.2, 0.25) is 5.91 Å². The zero-order valence-electron chi connectivity index (χ0n) is 22.4. The largest absolute Gasteiger partial charge is 0.378 e. The smallest absolute Gasteiger partial charge is 0.242 e. The fourth-order valence-electron chi connectivity index (χ4n) is 4.94. The summed E-state index contributed by atoms with van der Waals surface area (Å²) in [6.45, 7) is 10.5. The van der Waals surface area contributed by atoms with Gasteiger partial charge < -0.3 is 24.7 Å². The van der Waals surface area contributed by atoms with Crippen LogP contribution in [0.4, 0.5) is 0 Å². The van der Waals surface area contributed by atoms with Crippen LogP contribution in [-0.2, 0) is 27.4 Å². The van der Waals surface area contributed by atoms with Gasteiger partial charge in [0.05, 0.1) is 49.4 Å². The zero-order chi connectivity index (χ0) is 26.9. The van der Waals surface area contributed by atoms with Crippen molar-refractivity contribution >= 4 is 29.0 Å². The van der Waals surface area contributed by atoms with Gasteiger partial charge in [0.15, 0.2) is 0 Å². The van der Waals surface area contributed by atoms with E-state index in [0.717, 1.165) is 33.5 Å². The Morgan fingerprint density at radius 2 is 2.08 bits per heavy atom. The highest BCUT2D eigenvalue weighted by Gasteiger charge is 2.25. The molecule has 1 aliphatic heterocycles. The second-order valence-corrected chi connectivity index (χ2v) is 9.29. The summed E-state index contributed by atoms with van der Waals surface area (Å²) >= 11 is 0. The molecule has 1 atom stereocenters. The highest BCUT2D eigenvalue weighted by atomic mass is 16.5. The van der Waals surface area contributed by atoms with Crippen LogP contribution in [0, 0.1) is 0 Å². The van der Waals surface area contributed by atoms with Gasteiger partial charge in [-0.2, -0.15) is 0 Å². The molecule has 202 valence electrons. The monoisotopic (exact) mass is 518 g/mol. The normalized spacial score (nSPS) is 15.0. The van der Waals surface area contributed by atoms with E-state index in [-0.39, 0.29) is 18.5 Å². The molecular formula is C29H38N6O3. The Labute approximate surface area is 224 Å². The highest BCUT2D eigenvalue weighted by Crippen LogP contribution is 2.32. The van der Waals surface area contributed by atoms with Crippen molar-refractivity contribution in [3.05, 3.63) is 72.0 Å². The number of carbonyl (C=O) groups excluding carboxylic acids is 1. The Morgan fingerprint density at radius 3 is 2.76 bits per heavy atom. The van der Waals surface area contributed by atoms with E-state index in [1.165, 1.54) is 0 Å². The number of fused-ring (bicyclic) bond motifs is 1. The predicted octanol–water partition coefficient (Wildman–Crippen LogP) is 3.11. The number of likely N-dealkylation sites (N-methyl/N-ethyl adjacent to an activating group) is 1. The molecule has 2 N–H and O–H groups in total. The molecule has 1 unspecified atom stereocenters. The van der Waals surface area contributed by atoms with Crippen molar-refractivity contribution in [3.8, 4) is 0 Å². The maximum atomic E-state index is 13.4. The summed E-state index contributed by atoms with van der Waals surface area (Å²) in [7, 11) is 2.04. The van der Waals surface area contributed by atoms with Gasteiger partial charge in [-0.3, -0.25) is 19.7 Å². The molecule has 9 heteroatoms. The van der Waals surface area contributed by atoms with Gasteiger partial charge in [-0.1, -0.05) is 24.8 Å². The highest BCUT2D eigenvalue weighted by molar-refractivity contribution is 5.96. The number of amides is 1. The molecule has 1 fully saturated rings. The van der Waals surface area contributed by atoms with Crippen molar-refractivity contribution in [3.63, 3.8) is 0 Å². The van der Waals surface area contributed by atoms with E-state index in [9.17, 15) is 4.79 Å². The van der Waals surface area contributed by atoms with E-state index in [2.05, 4.69) is 21.0 Å². The number of nitrogens with two attached hydrogens (primary N) is 1. The summed E-state index contributed by atoms with van der Waals surface area (Å²) in [5.74, 6) is 0.0660. The van der Waals surface area contributed by atoms with E-state index in [4.69, 9.17) is 20.2 Å².